The molecule has 156 valence electrons. The normalized spacial score (nSPS) is 24.4. The van der Waals surface area contributed by atoms with Crippen molar-refractivity contribution in [3.05, 3.63) is 35.4 Å². The van der Waals surface area contributed by atoms with Gasteiger partial charge in [0.1, 0.15) is 0 Å². The van der Waals surface area contributed by atoms with E-state index < -0.39 is 0 Å². The highest BCUT2D eigenvalue weighted by atomic mass is 16.1. The number of Topliss-reactive ketones (excluding diaryl/α,β-unsaturated/α-hetero) is 1. The van der Waals surface area contributed by atoms with Crippen LogP contribution in [0, 0.1) is 5.92 Å². The van der Waals surface area contributed by atoms with Crippen LogP contribution in [-0.4, -0.2) is 55.4 Å². The number of hydrogen-bond acceptors (Lipinski definition) is 3. The van der Waals surface area contributed by atoms with Crippen LogP contribution < -0.4 is 0 Å². The van der Waals surface area contributed by atoms with Crippen molar-refractivity contribution in [3.8, 4) is 0 Å². The summed E-state index contributed by atoms with van der Waals surface area (Å²) in [7, 11) is 2.15. The van der Waals surface area contributed by atoms with Gasteiger partial charge < -0.3 is 4.90 Å². The summed E-state index contributed by atoms with van der Waals surface area (Å²) in [5, 5.41) is 0. The molecule has 1 aromatic carbocycles. The first kappa shape index (κ1) is 21.5. The molecule has 3 nitrogen and oxygen atoms in total. The van der Waals surface area contributed by atoms with Gasteiger partial charge >= 0.3 is 0 Å². The smallest absolute Gasteiger partial charge is 0.176 e. The number of carbonyl (C=O) groups is 1. The number of unbranched alkanes of at least 4 members (excludes halogenated alkanes) is 3. The number of nitrogens with zero attached hydrogens (tertiary/aromatic N) is 2. The quantitative estimate of drug-likeness (QED) is 0.423. The van der Waals surface area contributed by atoms with Crippen LogP contribution >= 0.6 is 0 Å². The minimum Gasteiger partial charge on any atom is -0.304 e. The van der Waals surface area contributed by atoms with Crippen molar-refractivity contribution < 1.29 is 4.79 Å². The maximum Gasteiger partial charge on any atom is 0.176 e. The van der Waals surface area contributed by atoms with E-state index in [2.05, 4.69) is 48.0 Å². The zero-order valence-corrected chi connectivity index (χ0v) is 18.2. The van der Waals surface area contributed by atoms with Gasteiger partial charge in [0, 0.05) is 31.7 Å². The molecule has 2 fully saturated rings. The summed E-state index contributed by atoms with van der Waals surface area (Å²) >= 11 is 0. The van der Waals surface area contributed by atoms with Crippen molar-refractivity contribution in [2.75, 3.05) is 39.8 Å². The number of carbonyl (C=O) groups excluding carboxylic acids is 1. The molecule has 0 unspecified atom stereocenters. The summed E-state index contributed by atoms with van der Waals surface area (Å²) < 4.78 is 0. The van der Waals surface area contributed by atoms with Gasteiger partial charge in [0.2, 0.25) is 0 Å². The Kier molecular flexibility index (Phi) is 8.54. The van der Waals surface area contributed by atoms with Crippen LogP contribution in [-0.2, 0) is 0 Å². The van der Waals surface area contributed by atoms with E-state index in [1.165, 1.54) is 63.4 Å². The van der Waals surface area contributed by atoms with Gasteiger partial charge in [-0.2, -0.15) is 0 Å². The van der Waals surface area contributed by atoms with Crippen LogP contribution in [0.2, 0.25) is 0 Å². The Hall–Kier alpha value is -1.19. The van der Waals surface area contributed by atoms with Crippen molar-refractivity contribution >= 4 is 5.78 Å². The second-order valence-electron chi connectivity index (χ2n) is 9.19. The fourth-order valence-electron chi connectivity index (χ4n) is 4.89. The number of likely N-dealkylation sites (N-methyl/N-ethyl adjacent to an activating group) is 1. The van der Waals surface area contributed by atoms with Crippen LogP contribution in [0.5, 0.6) is 0 Å². The third-order valence-corrected chi connectivity index (χ3v) is 6.98. The Labute approximate surface area is 172 Å². The van der Waals surface area contributed by atoms with Gasteiger partial charge in [0.05, 0.1) is 6.54 Å². The predicted octanol–water partition coefficient (Wildman–Crippen LogP) is 5.36. The lowest BCUT2D eigenvalue weighted by atomic mass is 9.77. The molecular formula is C25H40N2O. The topological polar surface area (TPSA) is 23.6 Å². The van der Waals surface area contributed by atoms with Crippen molar-refractivity contribution in [2.24, 2.45) is 5.92 Å². The van der Waals surface area contributed by atoms with Gasteiger partial charge in [-0.25, -0.2) is 0 Å². The lowest BCUT2D eigenvalue weighted by molar-refractivity contribution is 0.0876. The van der Waals surface area contributed by atoms with Crippen LogP contribution in [0.15, 0.2) is 24.3 Å². The SMILES string of the molecule is CCCCCCC1CCC(c2ccc(C(=O)CN3CCN(C)CC3)cc2)CC1. The lowest BCUT2D eigenvalue weighted by Gasteiger charge is -2.31. The van der Waals surface area contributed by atoms with Crippen LogP contribution in [0.3, 0.4) is 0 Å². The molecule has 0 radical (unpaired) electrons. The molecule has 1 aromatic rings. The fourth-order valence-corrected chi connectivity index (χ4v) is 4.89. The van der Waals surface area contributed by atoms with Crippen LogP contribution in [0.4, 0.5) is 0 Å². The van der Waals surface area contributed by atoms with E-state index >= 15 is 0 Å². The maximum atomic E-state index is 12.6. The van der Waals surface area contributed by atoms with E-state index in [9.17, 15) is 4.79 Å². The monoisotopic (exact) mass is 384 g/mol. The predicted molar refractivity (Wildman–Crippen MR) is 118 cm³/mol. The van der Waals surface area contributed by atoms with Crippen LogP contribution in [0.25, 0.3) is 0 Å². The lowest BCUT2D eigenvalue weighted by Crippen LogP contribution is -2.46. The number of hydrogen-bond donors (Lipinski definition) is 0. The summed E-state index contributed by atoms with van der Waals surface area (Å²) in [5.41, 5.74) is 2.33. The van der Waals surface area contributed by atoms with E-state index in [1.54, 1.807) is 0 Å². The average molecular weight is 385 g/mol. The molecule has 3 rings (SSSR count). The third-order valence-electron chi connectivity index (χ3n) is 6.98. The van der Waals surface area contributed by atoms with Gasteiger partial charge in [-0.3, -0.25) is 9.69 Å². The Bertz CT molecular complexity index is 581. The first-order valence-electron chi connectivity index (χ1n) is 11.7. The Morgan fingerprint density at radius 2 is 1.61 bits per heavy atom. The van der Waals surface area contributed by atoms with Gasteiger partial charge in [-0.05, 0) is 50.1 Å². The van der Waals surface area contributed by atoms with E-state index in [-0.39, 0.29) is 5.78 Å². The molecule has 0 atom stereocenters. The van der Waals surface area contributed by atoms with Gasteiger partial charge in [-0.15, -0.1) is 0 Å². The fraction of sp³-hybridized carbons (Fsp3) is 0.720. The Morgan fingerprint density at radius 1 is 0.929 bits per heavy atom. The molecule has 0 bridgehead atoms. The number of ketones is 1. The molecule has 0 N–H and O–H groups in total. The van der Waals surface area contributed by atoms with Crippen LogP contribution in [0.1, 0.15) is 86.6 Å². The molecule has 1 aliphatic heterocycles. The molecule has 1 saturated carbocycles. The zero-order valence-electron chi connectivity index (χ0n) is 18.2. The van der Waals surface area contributed by atoms with Crippen molar-refractivity contribution in [1.29, 1.82) is 0 Å². The molecule has 0 amide bonds. The molecule has 0 aromatic heterocycles. The summed E-state index contributed by atoms with van der Waals surface area (Å²) in [6, 6.07) is 8.60. The number of benzene rings is 1. The van der Waals surface area contributed by atoms with Crippen molar-refractivity contribution in [2.45, 2.75) is 70.6 Å². The van der Waals surface area contributed by atoms with Gasteiger partial charge in [0.25, 0.3) is 0 Å². The molecule has 1 heterocycles. The van der Waals surface area contributed by atoms with E-state index in [0.29, 0.717) is 12.5 Å². The first-order chi connectivity index (χ1) is 13.7. The molecule has 3 heteroatoms. The first-order valence-corrected chi connectivity index (χ1v) is 11.7. The molecule has 0 spiro atoms. The molecule has 1 aliphatic carbocycles. The van der Waals surface area contributed by atoms with E-state index in [1.807, 2.05) is 0 Å². The highest BCUT2D eigenvalue weighted by Crippen LogP contribution is 2.37. The number of piperazine rings is 1. The highest BCUT2D eigenvalue weighted by molar-refractivity contribution is 5.97. The van der Waals surface area contributed by atoms with Gasteiger partial charge in [-0.1, -0.05) is 63.3 Å². The summed E-state index contributed by atoms with van der Waals surface area (Å²) in [6.07, 6.45) is 12.4. The van der Waals surface area contributed by atoms with E-state index in [0.717, 1.165) is 37.7 Å². The Morgan fingerprint density at radius 3 is 2.25 bits per heavy atom. The van der Waals surface area contributed by atoms with E-state index in [4.69, 9.17) is 0 Å². The zero-order chi connectivity index (χ0) is 19.8. The van der Waals surface area contributed by atoms with Crippen molar-refractivity contribution in [3.63, 3.8) is 0 Å². The third kappa shape index (κ3) is 6.42. The maximum absolute atomic E-state index is 12.6. The van der Waals surface area contributed by atoms with Crippen molar-refractivity contribution in [1.82, 2.24) is 9.80 Å². The standard InChI is InChI=1S/C25H40N2O/c1-3-4-5-6-7-21-8-10-22(11-9-21)23-12-14-24(15-13-23)25(28)20-27-18-16-26(2)17-19-27/h12-15,21-22H,3-11,16-20H2,1-2H3. The number of rotatable bonds is 9. The molecule has 28 heavy (non-hydrogen) atoms. The molecule has 2 aliphatic rings. The summed E-state index contributed by atoms with van der Waals surface area (Å²) in [5.74, 6) is 1.93. The second-order valence-corrected chi connectivity index (χ2v) is 9.19. The largest absolute Gasteiger partial charge is 0.304 e. The molecular weight excluding hydrogens is 344 g/mol. The van der Waals surface area contributed by atoms with Gasteiger partial charge in [0.15, 0.2) is 5.78 Å². The average Bonchev–Trinajstić information content (AvgIpc) is 2.73. The highest BCUT2D eigenvalue weighted by Gasteiger charge is 2.22. The summed E-state index contributed by atoms with van der Waals surface area (Å²) in [4.78, 5) is 17.2. The summed E-state index contributed by atoms with van der Waals surface area (Å²) in [6.45, 7) is 6.98. The minimum atomic E-state index is 0.270. The Balaban J connectivity index is 1.42. The molecule has 1 saturated heterocycles. The minimum absolute atomic E-state index is 0.270. The second kappa shape index (κ2) is 11.1.